The molecule has 0 saturated carbocycles. The highest BCUT2D eigenvalue weighted by Crippen LogP contribution is 2.23. The summed E-state index contributed by atoms with van der Waals surface area (Å²) in [6.45, 7) is 3.42. The lowest BCUT2D eigenvalue weighted by molar-refractivity contribution is 0.0534. The van der Waals surface area contributed by atoms with Crippen LogP contribution >= 0.6 is 0 Å². The Balaban J connectivity index is 1.69. The van der Waals surface area contributed by atoms with Gasteiger partial charge in [0.1, 0.15) is 5.82 Å². The smallest absolute Gasteiger partial charge is 0.254 e. The minimum Gasteiger partial charge on any atom is -0.389 e. The molecule has 3 aromatic rings. The van der Waals surface area contributed by atoms with Crippen LogP contribution in [0.5, 0.6) is 0 Å². The molecule has 1 N–H and O–H groups in total. The zero-order valence-corrected chi connectivity index (χ0v) is 14.6. The molecule has 26 heavy (non-hydrogen) atoms. The third kappa shape index (κ3) is 3.09. The van der Waals surface area contributed by atoms with Gasteiger partial charge in [0.15, 0.2) is 0 Å². The second-order valence-corrected chi connectivity index (χ2v) is 6.51. The van der Waals surface area contributed by atoms with Gasteiger partial charge in [-0.1, -0.05) is 18.2 Å². The Hall–Kier alpha value is -2.70. The van der Waals surface area contributed by atoms with Crippen LogP contribution in [0.15, 0.2) is 48.5 Å². The Kier molecular flexibility index (Phi) is 4.44. The van der Waals surface area contributed by atoms with E-state index in [0.717, 1.165) is 22.5 Å². The average molecular weight is 351 g/mol. The van der Waals surface area contributed by atoms with Gasteiger partial charge in [0.25, 0.3) is 5.91 Å². The largest absolute Gasteiger partial charge is 0.389 e. The number of nitrogens with zero attached hydrogens (tertiary/aromatic N) is 3. The minimum atomic E-state index is -0.648. The fourth-order valence-electron chi connectivity index (χ4n) is 3.40. The van der Waals surface area contributed by atoms with Crippen molar-refractivity contribution in [1.29, 1.82) is 0 Å². The SMILES string of the molecule is Cc1nc2cc(C(=O)N3CCOC[C@@H](O)C3)ccc2n1-c1ccccc1. The van der Waals surface area contributed by atoms with Crippen molar-refractivity contribution in [1.82, 2.24) is 14.5 Å². The number of para-hydroxylation sites is 1. The highest BCUT2D eigenvalue weighted by molar-refractivity contribution is 5.97. The van der Waals surface area contributed by atoms with Gasteiger partial charge in [-0.2, -0.15) is 0 Å². The van der Waals surface area contributed by atoms with Gasteiger partial charge >= 0.3 is 0 Å². The number of hydrogen-bond donors (Lipinski definition) is 1. The Morgan fingerprint density at radius 2 is 2.04 bits per heavy atom. The van der Waals surface area contributed by atoms with Gasteiger partial charge in [-0.05, 0) is 37.3 Å². The fourth-order valence-corrected chi connectivity index (χ4v) is 3.40. The number of aliphatic hydroxyl groups excluding tert-OH is 1. The lowest BCUT2D eigenvalue weighted by Crippen LogP contribution is -2.37. The Morgan fingerprint density at radius 3 is 2.85 bits per heavy atom. The van der Waals surface area contributed by atoms with E-state index in [1.165, 1.54) is 0 Å². The van der Waals surface area contributed by atoms with Crippen LogP contribution in [0, 0.1) is 6.92 Å². The molecule has 1 aliphatic heterocycles. The molecule has 0 radical (unpaired) electrons. The predicted molar refractivity (Wildman–Crippen MR) is 98.5 cm³/mol. The van der Waals surface area contributed by atoms with E-state index in [0.29, 0.717) is 18.7 Å². The van der Waals surface area contributed by atoms with Gasteiger partial charge in [0, 0.05) is 24.3 Å². The molecular formula is C20H21N3O3. The van der Waals surface area contributed by atoms with Gasteiger partial charge in [0.2, 0.25) is 0 Å². The van der Waals surface area contributed by atoms with Gasteiger partial charge < -0.3 is 14.7 Å². The first-order chi connectivity index (χ1) is 12.6. The van der Waals surface area contributed by atoms with E-state index in [1.54, 1.807) is 4.90 Å². The normalized spacial score (nSPS) is 18.1. The molecule has 134 valence electrons. The van der Waals surface area contributed by atoms with Gasteiger partial charge in [-0.3, -0.25) is 9.36 Å². The first kappa shape index (κ1) is 16.8. The van der Waals surface area contributed by atoms with Gasteiger partial charge in [-0.15, -0.1) is 0 Å². The number of carbonyl (C=O) groups is 1. The maximum absolute atomic E-state index is 12.8. The first-order valence-electron chi connectivity index (χ1n) is 8.73. The van der Waals surface area contributed by atoms with E-state index in [4.69, 9.17) is 4.74 Å². The molecule has 2 heterocycles. The zero-order chi connectivity index (χ0) is 18.1. The van der Waals surface area contributed by atoms with Crippen LogP contribution in [0.1, 0.15) is 16.2 Å². The molecule has 0 spiro atoms. The number of benzene rings is 2. The molecule has 1 amide bonds. The Morgan fingerprint density at radius 1 is 1.23 bits per heavy atom. The number of hydrogen-bond acceptors (Lipinski definition) is 4. The van der Waals surface area contributed by atoms with Crippen molar-refractivity contribution in [2.24, 2.45) is 0 Å². The molecule has 1 saturated heterocycles. The average Bonchev–Trinajstić information content (AvgIpc) is 2.82. The summed E-state index contributed by atoms with van der Waals surface area (Å²) < 4.78 is 7.38. The number of rotatable bonds is 2. The number of aliphatic hydroxyl groups is 1. The number of amides is 1. The van der Waals surface area contributed by atoms with E-state index < -0.39 is 6.10 Å². The van der Waals surface area contributed by atoms with Gasteiger partial charge in [0.05, 0.1) is 30.4 Å². The number of β-amino-alcohol motifs (C(OH)–C–C–N with tert-alkyl or cyclic N) is 1. The van der Waals surface area contributed by atoms with Crippen LogP contribution in [0.3, 0.4) is 0 Å². The molecule has 1 fully saturated rings. The van der Waals surface area contributed by atoms with Crippen molar-refractivity contribution in [2.75, 3.05) is 26.3 Å². The van der Waals surface area contributed by atoms with Crippen molar-refractivity contribution in [3.8, 4) is 5.69 Å². The second-order valence-electron chi connectivity index (χ2n) is 6.51. The van der Waals surface area contributed by atoms with E-state index in [9.17, 15) is 9.90 Å². The minimum absolute atomic E-state index is 0.108. The molecule has 1 atom stereocenters. The van der Waals surface area contributed by atoms with Crippen LogP contribution in [-0.2, 0) is 4.74 Å². The summed E-state index contributed by atoms with van der Waals surface area (Å²) in [7, 11) is 0. The molecular weight excluding hydrogens is 330 g/mol. The lowest BCUT2D eigenvalue weighted by atomic mass is 10.1. The summed E-state index contributed by atoms with van der Waals surface area (Å²) >= 11 is 0. The molecule has 1 aliphatic rings. The monoisotopic (exact) mass is 351 g/mol. The zero-order valence-electron chi connectivity index (χ0n) is 14.6. The van der Waals surface area contributed by atoms with Crippen molar-refractivity contribution in [3.63, 3.8) is 0 Å². The summed E-state index contributed by atoms with van der Waals surface area (Å²) in [4.78, 5) is 19.1. The highest BCUT2D eigenvalue weighted by atomic mass is 16.5. The second kappa shape index (κ2) is 6.90. The molecule has 0 bridgehead atoms. The summed E-state index contributed by atoms with van der Waals surface area (Å²) in [5.41, 5.74) is 3.36. The van der Waals surface area contributed by atoms with Gasteiger partial charge in [-0.25, -0.2) is 4.98 Å². The van der Waals surface area contributed by atoms with Crippen LogP contribution in [-0.4, -0.2) is 57.9 Å². The molecule has 4 rings (SSSR count). The van der Waals surface area contributed by atoms with Crippen molar-refractivity contribution >= 4 is 16.9 Å². The summed E-state index contributed by atoms with van der Waals surface area (Å²) in [6.07, 6.45) is -0.648. The van der Waals surface area contributed by atoms with E-state index in [2.05, 4.69) is 9.55 Å². The standard InChI is InChI=1S/C20H21N3O3/c1-14-21-18-11-15(20(25)22-9-10-26-13-17(24)12-22)7-8-19(18)23(14)16-5-3-2-4-6-16/h2-8,11,17,24H,9-10,12-13H2,1H3/t17-/m0/s1. The van der Waals surface area contributed by atoms with Crippen LogP contribution in [0.25, 0.3) is 16.7 Å². The highest BCUT2D eigenvalue weighted by Gasteiger charge is 2.22. The first-order valence-corrected chi connectivity index (χ1v) is 8.73. The van der Waals surface area contributed by atoms with Crippen molar-refractivity contribution < 1.29 is 14.6 Å². The molecule has 6 nitrogen and oxygen atoms in total. The van der Waals surface area contributed by atoms with Crippen LogP contribution in [0.2, 0.25) is 0 Å². The molecule has 1 aromatic heterocycles. The third-order valence-corrected chi connectivity index (χ3v) is 4.62. The maximum atomic E-state index is 12.8. The summed E-state index contributed by atoms with van der Waals surface area (Å²) in [5.74, 6) is 0.762. The number of aromatic nitrogens is 2. The van der Waals surface area contributed by atoms with E-state index >= 15 is 0 Å². The number of carbonyl (C=O) groups excluding carboxylic acids is 1. The number of fused-ring (bicyclic) bond motifs is 1. The van der Waals surface area contributed by atoms with Crippen LogP contribution < -0.4 is 0 Å². The fraction of sp³-hybridized carbons (Fsp3) is 0.300. The quantitative estimate of drug-likeness (QED) is 0.768. The Bertz CT molecular complexity index is 936. The van der Waals surface area contributed by atoms with Crippen LogP contribution in [0.4, 0.5) is 0 Å². The molecule has 0 aliphatic carbocycles. The topological polar surface area (TPSA) is 67.6 Å². The predicted octanol–water partition coefficient (Wildman–Crippen LogP) is 2.17. The number of aryl methyl sites for hydroxylation is 1. The summed E-state index contributed by atoms with van der Waals surface area (Å²) in [6, 6.07) is 15.6. The lowest BCUT2D eigenvalue weighted by Gasteiger charge is -2.21. The third-order valence-electron chi connectivity index (χ3n) is 4.62. The van der Waals surface area contributed by atoms with Crippen molar-refractivity contribution in [3.05, 3.63) is 59.9 Å². The van der Waals surface area contributed by atoms with Crippen molar-refractivity contribution in [2.45, 2.75) is 13.0 Å². The maximum Gasteiger partial charge on any atom is 0.254 e. The molecule has 0 unspecified atom stereocenters. The number of imidazole rings is 1. The van der Waals surface area contributed by atoms with E-state index in [1.807, 2.05) is 55.5 Å². The van der Waals surface area contributed by atoms with E-state index in [-0.39, 0.29) is 19.1 Å². The Labute approximate surface area is 151 Å². The molecule has 2 aromatic carbocycles. The molecule has 6 heteroatoms. The summed E-state index contributed by atoms with van der Waals surface area (Å²) in [5, 5.41) is 9.86. The number of ether oxygens (including phenoxy) is 1.